The summed E-state index contributed by atoms with van der Waals surface area (Å²) in [6.07, 6.45) is 5.87. The summed E-state index contributed by atoms with van der Waals surface area (Å²) < 4.78 is 0. The molecule has 2 rings (SSSR count). The molecule has 2 N–H and O–H groups in total. The van der Waals surface area contributed by atoms with Crippen LogP contribution in [-0.2, 0) is 0 Å². The molecular weight excluding hydrogens is 164 g/mol. The van der Waals surface area contributed by atoms with Crippen molar-refractivity contribution in [3.63, 3.8) is 0 Å². The van der Waals surface area contributed by atoms with E-state index in [1.54, 1.807) is 0 Å². The van der Waals surface area contributed by atoms with Gasteiger partial charge in [-0.1, -0.05) is 19.8 Å². The molecule has 0 aromatic rings. The molecular formula is C11H20O2. The molecule has 4 atom stereocenters. The Bertz CT molecular complexity index is 175. The second-order valence-electron chi connectivity index (χ2n) is 4.96. The smallest absolute Gasteiger partial charge is 0.0621 e. The van der Waals surface area contributed by atoms with Gasteiger partial charge in [-0.2, -0.15) is 0 Å². The highest BCUT2D eigenvalue weighted by molar-refractivity contribution is 4.99. The van der Waals surface area contributed by atoms with Crippen LogP contribution in [0.3, 0.4) is 0 Å². The highest BCUT2D eigenvalue weighted by Gasteiger charge is 2.49. The van der Waals surface area contributed by atoms with Gasteiger partial charge in [0.25, 0.3) is 0 Å². The molecule has 0 amide bonds. The fourth-order valence-corrected chi connectivity index (χ4v) is 3.27. The predicted octanol–water partition coefficient (Wildman–Crippen LogP) is 1.70. The molecule has 13 heavy (non-hydrogen) atoms. The van der Waals surface area contributed by atoms with Crippen molar-refractivity contribution in [1.29, 1.82) is 0 Å². The van der Waals surface area contributed by atoms with Gasteiger partial charge >= 0.3 is 0 Å². The summed E-state index contributed by atoms with van der Waals surface area (Å²) in [7, 11) is 0. The zero-order valence-electron chi connectivity index (χ0n) is 8.37. The first-order valence-electron chi connectivity index (χ1n) is 5.52. The molecule has 2 fully saturated rings. The van der Waals surface area contributed by atoms with E-state index in [0.717, 1.165) is 25.7 Å². The third-order valence-corrected chi connectivity index (χ3v) is 4.38. The van der Waals surface area contributed by atoms with Crippen LogP contribution in [0.15, 0.2) is 0 Å². The number of hydrogen-bond acceptors (Lipinski definition) is 2. The van der Waals surface area contributed by atoms with Crippen LogP contribution in [0.25, 0.3) is 0 Å². The Labute approximate surface area is 80.0 Å². The van der Waals surface area contributed by atoms with Crippen LogP contribution in [-0.4, -0.2) is 22.4 Å². The van der Waals surface area contributed by atoms with Gasteiger partial charge in [0, 0.05) is 5.41 Å². The SMILES string of the molecule is CC12C(CCC[C@H]1O)CCC[C@@H]2O. The van der Waals surface area contributed by atoms with Gasteiger partial charge in [0.15, 0.2) is 0 Å². The van der Waals surface area contributed by atoms with Crippen molar-refractivity contribution < 1.29 is 10.2 Å². The normalized spacial score (nSPS) is 51.5. The lowest BCUT2D eigenvalue weighted by Crippen LogP contribution is -2.52. The van der Waals surface area contributed by atoms with Crippen molar-refractivity contribution in [2.45, 2.75) is 57.7 Å². The van der Waals surface area contributed by atoms with E-state index in [9.17, 15) is 10.2 Å². The van der Waals surface area contributed by atoms with E-state index in [1.807, 2.05) is 0 Å². The van der Waals surface area contributed by atoms with Gasteiger partial charge in [-0.05, 0) is 31.6 Å². The van der Waals surface area contributed by atoms with Crippen molar-refractivity contribution >= 4 is 0 Å². The molecule has 0 aromatic heterocycles. The summed E-state index contributed by atoms with van der Waals surface area (Å²) in [5.74, 6) is 0.556. The molecule has 0 bridgehead atoms. The average Bonchev–Trinajstić information content (AvgIpc) is 2.10. The maximum Gasteiger partial charge on any atom is 0.0621 e. The zero-order valence-corrected chi connectivity index (χ0v) is 8.37. The molecule has 2 nitrogen and oxygen atoms in total. The molecule has 0 spiro atoms. The number of aliphatic hydroxyl groups is 2. The quantitative estimate of drug-likeness (QED) is 0.601. The number of fused-ring (bicyclic) bond motifs is 1. The van der Waals surface area contributed by atoms with E-state index in [0.29, 0.717) is 5.92 Å². The Morgan fingerprint density at radius 2 is 1.38 bits per heavy atom. The van der Waals surface area contributed by atoms with Crippen LogP contribution < -0.4 is 0 Å². The van der Waals surface area contributed by atoms with Gasteiger partial charge in [-0.3, -0.25) is 0 Å². The maximum atomic E-state index is 9.97. The number of rotatable bonds is 0. The topological polar surface area (TPSA) is 40.5 Å². The number of aliphatic hydroxyl groups excluding tert-OH is 2. The third kappa shape index (κ3) is 1.31. The van der Waals surface area contributed by atoms with E-state index in [-0.39, 0.29) is 17.6 Å². The molecule has 0 saturated heterocycles. The summed E-state index contributed by atoms with van der Waals surface area (Å²) in [4.78, 5) is 0. The van der Waals surface area contributed by atoms with E-state index in [1.165, 1.54) is 12.8 Å². The van der Waals surface area contributed by atoms with Crippen LogP contribution in [0.5, 0.6) is 0 Å². The van der Waals surface area contributed by atoms with Gasteiger partial charge in [0.05, 0.1) is 12.2 Å². The fraction of sp³-hybridized carbons (Fsp3) is 1.00. The maximum absolute atomic E-state index is 9.97. The van der Waals surface area contributed by atoms with E-state index in [2.05, 4.69) is 6.92 Å². The monoisotopic (exact) mass is 184 g/mol. The van der Waals surface area contributed by atoms with Crippen molar-refractivity contribution in [3.8, 4) is 0 Å². The summed E-state index contributed by atoms with van der Waals surface area (Å²) >= 11 is 0. The van der Waals surface area contributed by atoms with Gasteiger partial charge in [0.2, 0.25) is 0 Å². The van der Waals surface area contributed by atoms with E-state index in [4.69, 9.17) is 0 Å². The standard InChI is InChI=1S/C11H20O2/c1-11-8(4-2-6-9(11)12)5-3-7-10(11)13/h8-10,12-13H,2-7H2,1H3/t8?,9-,10+,11?. The van der Waals surface area contributed by atoms with Crippen molar-refractivity contribution in [3.05, 3.63) is 0 Å². The highest BCUT2D eigenvalue weighted by Crippen LogP contribution is 2.50. The molecule has 0 heterocycles. The lowest BCUT2D eigenvalue weighted by Gasteiger charge is -2.51. The van der Waals surface area contributed by atoms with Crippen molar-refractivity contribution in [2.24, 2.45) is 11.3 Å². The fourth-order valence-electron chi connectivity index (χ4n) is 3.27. The van der Waals surface area contributed by atoms with Crippen molar-refractivity contribution in [1.82, 2.24) is 0 Å². The second kappa shape index (κ2) is 3.25. The van der Waals surface area contributed by atoms with Crippen LogP contribution in [0.1, 0.15) is 45.4 Å². The lowest BCUT2D eigenvalue weighted by atomic mass is 9.58. The Morgan fingerprint density at radius 3 is 1.77 bits per heavy atom. The predicted molar refractivity (Wildman–Crippen MR) is 51.3 cm³/mol. The summed E-state index contributed by atoms with van der Waals surface area (Å²) in [6, 6.07) is 0. The molecule has 2 aliphatic rings. The zero-order chi connectivity index (χ0) is 9.47. The first-order valence-corrected chi connectivity index (χ1v) is 5.52. The van der Waals surface area contributed by atoms with Crippen LogP contribution >= 0.6 is 0 Å². The molecule has 2 aliphatic carbocycles. The first kappa shape index (κ1) is 9.47. The Kier molecular flexibility index (Phi) is 2.37. The average molecular weight is 184 g/mol. The van der Waals surface area contributed by atoms with Crippen LogP contribution in [0, 0.1) is 11.3 Å². The minimum Gasteiger partial charge on any atom is -0.392 e. The molecule has 0 aromatic carbocycles. The van der Waals surface area contributed by atoms with E-state index < -0.39 is 0 Å². The van der Waals surface area contributed by atoms with Crippen LogP contribution in [0.4, 0.5) is 0 Å². The van der Waals surface area contributed by atoms with Gasteiger partial charge < -0.3 is 10.2 Å². The number of hydrogen-bond donors (Lipinski definition) is 2. The molecule has 0 radical (unpaired) electrons. The Balaban J connectivity index is 2.22. The van der Waals surface area contributed by atoms with Gasteiger partial charge in [0.1, 0.15) is 0 Å². The van der Waals surface area contributed by atoms with Gasteiger partial charge in [-0.15, -0.1) is 0 Å². The third-order valence-electron chi connectivity index (χ3n) is 4.38. The van der Waals surface area contributed by atoms with E-state index >= 15 is 0 Å². The largest absolute Gasteiger partial charge is 0.392 e. The molecule has 2 unspecified atom stereocenters. The summed E-state index contributed by atoms with van der Waals surface area (Å²) in [5.41, 5.74) is -0.198. The Hall–Kier alpha value is -0.0800. The molecule has 2 saturated carbocycles. The first-order chi connectivity index (χ1) is 6.15. The summed E-state index contributed by atoms with van der Waals surface area (Å²) in [5, 5.41) is 19.9. The molecule has 2 heteroatoms. The molecule has 0 aliphatic heterocycles. The van der Waals surface area contributed by atoms with Crippen molar-refractivity contribution in [2.75, 3.05) is 0 Å². The van der Waals surface area contributed by atoms with Crippen LogP contribution in [0.2, 0.25) is 0 Å². The second-order valence-corrected chi connectivity index (χ2v) is 4.96. The molecule has 76 valence electrons. The summed E-state index contributed by atoms with van der Waals surface area (Å²) in [6.45, 7) is 2.07. The minimum absolute atomic E-state index is 0.198. The highest BCUT2D eigenvalue weighted by atomic mass is 16.3. The minimum atomic E-state index is -0.276. The van der Waals surface area contributed by atoms with Gasteiger partial charge in [-0.25, -0.2) is 0 Å². The lowest BCUT2D eigenvalue weighted by molar-refractivity contribution is -0.138. The Morgan fingerprint density at radius 1 is 0.923 bits per heavy atom.